The molecule has 0 bridgehead atoms. The van der Waals surface area contributed by atoms with E-state index in [1.807, 2.05) is 66.7 Å². The largest absolute Gasteiger partial charge is 0.858 e. The summed E-state index contributed by atoms with van der Waals surface area (Å²) >= 11 is 7.32. The van der Waals surface area contributed by atoms with Gasteiger partial charge in [0, 0.05) is 17.0 Å². The Morgan fingerprint density at radius 3 is 2.26 bits per heavy atom. The predicted molar refractivity (Wildman–Crippen MR) is 133 cm³/mol. The number of nitrogens with zero attached hydrogens (tertiary/aromatic N) is 2. The molecule has 5 N–H and O–H groups in total. The molecule has 0 amide bonds. The first-order valence-corrected chi connectivity index (χ1v) is 11.4. The lowest BCUT2D eigenvalue weighted by molar-refractivity contribution is -0.284. The van der Waals surface area contributed by atoms with Gasteiger partial charge in [-0.3, -0.25) is 19.7 Å². The van der Waals surface area contributed by atoms with Gasteiger partial charge in [0.25, 0.3) is 5.56 Å². The van der Waals surface area contributed by atoms with Gasteiger partial charge in [0.1, 0.15) is 0 Å². The van der Waals surface area contributed by atoms with Crippen LogP contribution in [0, 0.1) is 0 Å². The Bertz CT molecular complexity index is 1430. The van der Waals surface area contributed by atoms with E-state index < -0.39 is 17.5 Å². The number of hydrogen-bond acceptors (Lipinski definition) is 5. The quantitative estimate of drug-likeness (QED) is 0.300. The SMILES string of the molecule is N.O=c1[nH]n(C(c2ccccc2)c2ccc(-c3ccn[nH]3)cc2)c([O-])c1Sc1ccccc1Cl. The van der Waals surface area contributed by atoms with Crippen molar-refractivity contribution >= 4 is 23.4 Å². The predicted octanol–water partition coefficient (Wildman–Crippen LogP) is 5.24. The molecule has 2 heterocycles. The highest BCUT2D eigenvalue weighted by atomic mass is 35.5. The Morgan fingerprint density at radius 1 is 0.912 bits per heavy atom. The molecule has 0 saturated carbocycles. The van der Waals surface area contributed by atoms with E-state index >= 15 is 0 Å². The molecule has 5 rings (SSSR count). The number of halogens is 1. The number of aromatic amines is 2. The van der Waals surface area contributed by atoms with Crippen LogP contribution in [0.1, 0.15) is 17.2 Å². The van der Waals surface area contributed by atoms with E-state index in [4.69, 9.17) is 11.6 Å². The molecule has 0 spiro atoms. The van der Waals surface area contributed by atoms with Crippen molar-refractivity contribution in [1.29, 1.82) is 0 Å². The van der Waals surface area contributed by atoms with Crippen molar-refractivity contribution in [3.63, 3.8) is 0 Å². The van der Waals surface area contributed by atoms with Crippen LogP contribution in [0.2, 0.25) is 5.02 Å². The number of benzene rings is 3. The van der Waals surface area contributed by atoms with Crippen molar-refractivity contribution < 1.29 is 5.11 Å². The normalized spacial score (nSPS) is 11.7. The summed E-state index contributed by atoms with van der Waals surface area (Å²) < 4.78 is 1.39. The fourth-order valence-corrected chi connectivity index (χ4v) is 4.82. The van der Waals surface area contributed by atoms with Crippen LogP contribution in [0.15, 0.2) is 106 Å². The molecule has 2 aromatic heterocycles. The van der Waals surface area contributed by atoms with Gasteiger partial charge < -0.3 is 11.3 Å². The molecule has 172 valence electrons. The van der Waals surface area contributed by atoms with Gasteiger partial charge >= 0.3 is 0 Å². The number of aromatic nitrogens is 4. The number of rotatable bonds is 6. The lowest BCUT2D eigenvalue weighted by atomic mass is 9.97. The molecule has 0 aliphatic rings. The zero-order valence-corrected chi connectivity index (χ0v) is 19.5. The van der Waals surface area contributed by atoms with Crippen LogP contribution in [0.4, 0.5) is 0 Å². The summed E-state index contributed by atoms with van der Waals surface area (Å²) in [4.78, 5) is 13.5. The van der Waals surface area contributed by atoms with Crippen LogP contribution in [0.5, 0.6) is 5.88 Å². The molecule has 0 aliphatic heterocycles. The fraction of sp³-hybridized carbons (Fsp3) is 0.0400. The Morgan fingerprint density at radius 2 is 1.59 bits per heavy atom. The molecule has 1 atom stereocenters. The van der Waals surface area contributed by atoms with Crippen LogP contribution in [-0.4, -0.2) is 20.0 Å². The molecule has 9 heteroatoms. The second-order valence-corrected chi connectivity index (χ2v) is 8.84. The average Bonchev–Trinajstić information content (AvgIpc) is 3.47. The molecular weight excluding hydrogens is 470 g/mol. The molecule has 5 aromatic rings. The van der Waals surface area contributed by atoms with Crippen LogP contribution < -0.4 is 16.8 Å². The Hall–Kier alpha value is -3.72. The topological polar surface area (TPSA) is 125 Å². The fourth-order valence-electron chi connectivity index (χ4n) is 3.71. The third-order valence-corrected chi connectivity index (χ3v) is 6.88. The maximum absolute atomic E-state index is 13.4. The Kier molecular flexibility index (Phi) is 6.93. The van der Waals surface area contributed by atoms with Crippen LogP contribution >= 0.6 is 23.4 Å². The standard InChI is InChI=1S/C25H19ClN4O2S.H3N/c26-19-8-4-5-9-21(19)33-23-24(31)29-30(25(23)32)22(17-6-2-1-3-7-17)18-12-10-16(11-13-18)20-14-15-27-28-20;/h1-15,22,32H,(H,27,28)(H,29,31);1H3/p-1. The molecular formula is C25H21ClN5O2S-. The number of H-pyrrole nitrogens is 2. The summed E-state index contributed by atoms with van der Waals surface area (Å²) in [7, 11) is 0. The summed E-state index contributed by atoms with van der Waals surface area (Å²) in [6.45, 7) is 0. The first-order chi connectivity index (χ1) is 16.1. The van der Waals surface area contributed by atoms with Crippen molar-refractivity contribution in [2.24, 2.45) is 0 Å². The summed E-state index contributed by atoms with van der Waals surface area (Å²) in [6.07, 6.45) is 1.70. The third kappa shape index (κ3) is 4.51. The van der Waals surface area contributed by atoms with Gasteiger partial charge in [-0.1, -0.05) is 90.1 Å². The molecule has 0 saturated heterocycles. The highest BCUT2D eigenvalue weighted by Gasteiger charge is 2.21. The molecule has 0 radical (unpaired) electrons. The molecule has 1 unspecified atom stereocenters. The van der Waals surface area contributed by atoms with Crippen molar-refractivity contribution in [2.75, 3.05) is 0 Å². The van der Waals surface area contributed by atoms with Crippen LogP contribution in [0.25, 0.3) is 11.3 Å². The molecule has 34 heavy (non-hydrogen) atoms. The second kappa shape index (κ2) is 10.0. The van der Waals surface area contributed by atoms with Gasteiger partial charge in [0.05, 0.1) is 21.7 Å². The minimum Gasteiger partial charge on any atom is -0.858 e. The summed E-state index contributed by atoms with van der Waals surface area (Å²) in [5, 5.41) is 23.6. The molecule has 3 aromatic carbocycles. The highest BCUT2D eigenvalue weighted by Crippen LogP contribution is 2.37. The van der Waals surface area contributed by atoms with Crippen molar-refractivity contribution in [1.82, 2.24) is 26.1 Å². The number of nitrogens with one attached hydrogen (secondary N) is 2. The van der Waals surface area contributed by atoms with Crippen molar-refractivity contribution in [3.8, 4) is 17.1 Å². The zero-order chi connectivity index (χ0) is 22.8. The first kappa shape index (κ1) is 23.4. The van der Waals surface area contributed by atoms with Gasteiger partial charge in [-0.15, -0.1) is 0 Å². The van der Waals surface area contributed by atoms with E-state index in [9.17, 15) is 9.90 Å². The van der Waals surface area contributed by atoms with E-state index in [1.165, 1.54) is 4.68 Å². The van der Waals surface area contributed by atoms with E-state index in [-0.39, 0.29) is 11.0 Å². The molecule has 7 nitrogen and oxygen atoms in total. The first-order valence-electron chi connectivity index (χ1n) is 10.2. The third-order valence-electron chi connectivity index (χ3n) is 5.30. The maximum Gasteiger partial charge on any atom is 0.277 e. The van der Waals surface area contributed by atoms with Gasteiger partial charge in [0.2, 0.25) is 0 Å². The van der Waals surface area contributed by atoms with Crippen LogP contribution in [-0.2, 0) is 0 Å². The highest BCUT2D eigenvalue weighted by molar-refractivity contribution is 7.99. The molecule has 0 fully saturated rings. The van der Waals surface area contributed by atoms with E-state index in [1.54, 1.807) is 24.4 Å². The monoisotopic (exact) mass is 490 g/mol. The summed E-state index contributed by atoms with van der Waals surface area (Å²) in [5.74, 6) is -0.392. The van der Waals surface area contributed by atoms with Gasteiger partial charge in [0.15, 0.2) is 0 Å². The van der Waals surface area contributed by atoms with E-state index in [2.05, 4.69) is 15.3 Å². The summed E-state index contributed by atoms with van der Waals surface area (Å²) in [5.41, 5.74) is 3.17. The Balaban J connectivity index is 0.00000274. The Labute approximate surface area is 205 Å². The molecule has 0 aliphatic carbocycles. The summed E-state index contributed by atoms with van der Waals surface area (Å²) in [6, 6.07) is 26.0. The van der Waals surface area contributed by atoms with Crippen LogP contribution in [0.3, 0.4) is 0 Å². The zero-order valence-electron chi connectivity index (χ0n) is 17.9. The lowest BCUT2D eigenvalue weighted by Crippen LogP contribution is -2.18. The van der Waals surface area contributed by atoms with E-state index in [0.29, 0.717) is 9.92 Å². The lowest BCUT2D eigenvalue weighted by Gasteiger charge is -2.24. The van der Waals surface area contributed by atoms with Gasteiger partial charge in [-0.2, -0.15) is 5.10 Å². The minimum absolute atomic E-state index is 0. The van der Waals surface area contributed by atoms with E-state index in [0.717, 1.165) is 34.1 Å². The van der Waals surface area contributed by atoms with Crippen molar-refractivity contribution in [2.45, 2.75) is 15.8 Å². The minimum atomic E-state index is -0.497. The number of hydrogen-bond donors (Lipinski definition) is 3. The van der Waals surface area contributed by atoms with Crippen molar-refractivity contribution in [3.05, 3.63) is 118 Å². The maximum atomic E-state index is 13.4. The second-order valence-electron chi connectivity index (χ2n) is 7.38. The van der Waals surface area contributed by atoms with Gasteiger partial charge in [-0.05, 0) is 34.9 Å². The average molecular weight is 491 g/mol. The van der Waals surface area contributed by atoms with Gasteiger partial charge in [-0.25, -0.2) is 0 Å². The smallest absolute Gasteiger partial charge is 0.277 e.